The van der Waals surface area contributed by atoms with Gasteiger partial charge in [-0.3, -0.25) is 0 Å². The molecule has 5 aromatic carbocycles. The zero-order valence-electron chi connectivity index (χ0n) is 28.6. The molecule has 8 rings (SSSR count). The van der Waals surface area contributed by atoms with E-state index in [0.717, 1.165) is 30.4 Å². The highest BCUT2D eigenvalue weighted by atomic mass is 16.5. The minimum Gasteiger partial charge on any atom is -0.489 e. The average molecular weight is 619 g/mol. The minimum absolute atomic E-state index is 0.224. The van der Waals surface area contributed by atoms with Crippen molar-refractivity contribution in [2.24, 2.45) is 11.8 Å². The van der Waals surface area contributed by atoms with E-state index in [1.54, 1.807) is 11.1 Å². The molecule has 47 heavy (non-hydrogen) atoms. The van der Waals surface area contributed by atoms with Crippen molar-refractivity contribution in [3.05, 3.63) is 172 Å². The van der Waals surface area contributed by atoms with Crippen LogP contribution >= 0.6 is 0 Å². The van der Waals surface area contributed by atoms with Gasteiger partial charge in [0.25, 0.3) is 0 Å². The lowest BCUT2D eigenvalue weighted by Gasteiger charge is -2.30. The zero-order valence-corrected chi connectivity index (χ0v) is 28.6. The summed E-state index contributed by atoms with van der Waals surface area (Å²) in [5.41, 5.74) is 10.5. The van der Waals surface area contributed by atoms with Crippen LogP contribution in [0.2, 0.25) is 0 Å². The first kappa shape index (κ1) is 31.5. The normalized spacial score (nSPS) is 25.0. The number of hydrogen-bond donors (Lipinski definition) is 0. The van der Waals surface area contributed by atoms with Crippen LogP contribution in [0.3, 0.4) is 0 Å². The summed E-state index contributed by atoms with van der Waals surface area (Å²) in [6.07, 6.45) is 5.03. The van der Waals surface area contributed by atoms with E-state index in [1.807, 2.05) is 0 Å². The van der Waals surface area contributed by atoms with Gasteiger partial charge in [0.2, 0.25) is 0 Å². The molecule has 0 spiro atoms. The van der Waals surface area contributed by atoms with Gasteiger partial charge in [0, 0.05) is 17.4 Å². The SMILES string of the molecule is CC(CC1c2ccccc2CC1C)c1ccccc1.CC(CC1c2ccccc2OC1C1c2ccccc2CC1C)c1ccccc1. The average Bonchev–Trinajstić information content (AvgIpc) is 3.75. The van der Waals surface area contributed by atoms with Crippen molar-refractivity contribution >= 4 is 0 Å². The summed E-state index contributed by atoms with van der Waals surface area (Å²) in [4.78, 5) is 0. The molecular formula is C46H50O. The Hall–Kier alpha value is -4.10. The van der Waals surface area contributed by atoms with Crippen molar-refractivity contribution in [3.8, 4) is 5.75 Å². The number of fused-ring (bicyclic) bond motifs is 3. The van der Waals surface area contributed by atoms with E-state index in [9.17, 15) is 0 Å². The Morgan fingerprint density at radius 2 is 0.979 bits per heavy atom. The number of rotatable bonds is 7. The summed E-state index contributed by atoms with van der Waals surface area (Å²) in [6, 6.07) is 48.5. The second-order valence-corrected chi connectivity index (χ2v) is 14.7. The van der Waals surface area contributed by atoms with E-state index in [2.05, 4.69) is 161 Å². The van der Waals surface area contributed by atoms with Gasteiger partial charge in [-0.25, -0.2) is 0 Å². The Bertz CT molecular complexity index is 1760. The van der Waals surface area contributed by atoms with Gasteiger partial charge in [-0.15, -0.1) is 0 Å². The quantitative estimate of drug-likeness (QED) is 0.176. The maximum atomic E-state index is 6.67. The van der Waals surface area contributed by atoms with Crippen LogP contribution in [0.5, 0.6) is 5.75 Å². The molecular weight excluding hydrogens is 569 g/mol. The summed E-state index contributed by atoms with van der Waals surface area (Å²) >= 11 is 0. The summed E-state index contributed by atoms with van der Waals surface area (Å²) in [6.45, 7) is 9.53. The summed E-state index contributed by atoms with van der Waals surface area (Å²) in [5, 5.41) is 0. The first-order chi connectivity index (χ1) is 23.0. The predicted octanol–water partition coefficient (Wildman–Crippen LogP) is 11.9. The van der Waals surface area contributed by atoms with Crippen LogP contribution in [0.15, 0.2) is 133 Å². The molecule has 1 nitrogen and oxygen atoms in total. The molecule has 3 aliphatic rings. The van der Waals surface area contributed by atoms with Crippen molar-refractivity contribution in [1.29, 1.82) is 0 Å². The first-order valence-corrected chi connectivity index (χ1v) is 18.0. The lowest BCUT2D eigenvalue weighted by molar-refractivity contribution is 0.145. The topological polar surface area (TPSA) is 9.23 Å². The van der Waals surface area contributed by atoms with Crippen LogP contribution in [-0.4, -0.2) is 6.10 Å². The lowest BCUT2D eigenvalue weighted by atomic mass is 9.76. The van der Waals surface area contributed by atoms with Gasteiger partial charge >= 0.3 is 0 Å². The molecule has 1 aliphatic heterocycles. The van der Waals surface area contributed by atoms with Gasteiger partial charge < -0.3 is 4.74 Å². The van der Waals surface area contributed by atoms with Crippen molar-refractivity contribution < 1.29 is 4.74 Å². The van der Waals surface area contributed by atoms with Gasteiger partial charge in [-0.05, 0) is 94.7 Å². The molecule has 0 saturated carbocycles. The van der Waals surface area contributed by atoms with E-state index in [-0.39, 0.29) is 6.10 Å². The molecule has 0 N–H and O–H groups in total. The van der Waals surface area contributed by atoms with Crippen molar-refractivity contribution in [1.82, 2.24) is 0 Å². The molecule has 0 radical (unpaired) electrons. The third kappa shape index (κ3) is 6.55. The highest BCUT2D eigenvalue weighted by molar-refractivity contribution is 5.46. The maximum Gasteiger partial charge on any atom is 0.123 e. The third-order valence-corrected chi connectivity index (χ3v) is 11.5. The van der Waals surface area contributed by atoms with E-state index in [0.29, 0.717) is 29.6 Å². The van der Waals surface area contributed by atoms with Crippen LogP contribution in [-0.2, 0) is 12.8 Å². The predicted molar refractivity (Wildman–Crippen MR) is 197 cm³/mol. The summed E-state index contributed by atoms with van der Waals surface area (Å²) in [5.74, 6) is 5.27. The van der Waals surface area contributed by atoms with Gasteiger partial charge in [0.15, 0.2) is 0 Å². The minimum atomic E-state index is 0.224. The molecule has 0 aromatic heterocycles. The Morgan fingerprint density at radius 3 is 1.62 bits per heavy atom. The van der Waals surface area contributed by atoms with Crippen LogP contribution in [0, 0.1) is 11.8 Å². The van der Waals surface area contributed by atoms with E-state index in [4.69, 9.17) is 4.74 Å². The lowest BCUT2D eigenvalue weighted by Crippen LogP contribution is -2.30. The Balaban J connectivity index is 0.000000161. The summed E-state index contributed by atoms with van der Waals surface area (Å²) in [7, 11) is 0. The number of hydrogen-bond acceptors (Lipinski definition) is 1. The Kier molecular flexibility index (Phi) is 9.34. The van der Waals surface area contributed by atoms with Crippen LogP contribution < -0.4 is 4.74 Å². The van der Waals surface area contributed by atoms with Gasteiger partial charge in [-0.2, -0.15) is 0 Å². The van der Waals surface area contributed by atoms with Gasteiger partial charge in [0.1, 0.15) is 11.9 Å². The second kappa shape index (κ2) is 13.9. The molecule has 0 saturated heterocycles. The molecule has 240 valence electrons. The van der Waals surface area contributed by atoms with Crippen LogP contribution in [0.25, 0.3) is 0 Å². The van der Waals surface area contributed by atoms with Crippen LogP contribution in [0.1, 0.15) is 109 Å². The molecule has 0 fully saturated rings. The standard InChI is InChI=1S/C27H28O.C19H22/c1-18(20-10-4-3-5-11-20)17-24-23-14-8-9-15-25(23)28-27(24)26-19(2)16-21-12-6-7-13-22(21)26;1-14(16-8-4-3-5-9-16)13-19-15(2)12-17-10-6-7-11-18(17)19/h3-15,18-19,24,26-27H,16-17H2,1-2H3;3-11,14-15,19H,12-13H2,1-2H3. The highest BCUT2D eigenvalue weighted by Gasteiger charge is 2.45. The molecule has 1 heterocycles. The number of ether oxygens (including phenoxy) is 1. The Labute approximate surface area is 283 Å². The fraction of sp³-hybridized carbons (Fsp3) is 0.348. The van der Waals surface area contributed by atoms with E-state index >= 15 is 0 Å². The second-order valence-electron chi connectivity index (χ2n) is 14.7. The first-order valence-electron chi connectivity index (χ1n) is 18.0. The van der Waals surface area contributed by atoms with Crippen LogP contribution in [0.4, 0.5) is 0 Å². The van der Waals surface area contributed by atoms with Gasteiger partial charge in [0.05, 0.1) is 0 Å². The Morgan fingerprint density at radius 1 is 0.511 bits per heavy atom. The van der Waals surface area contributed by atoms with E-state index < -0.39 is 0 Å². The highest BCUT2D eigenvalue weighted by Crippen LogP contribution is 2.52. The molecule has 8 unspecified atom stereocenters. The largest absolute Gasteiger partial charge is 0.489 e. The molecule has 2 aliphatic carbocycles. The summed E-state index contributed by atoms with van der Waals surface area (Å²) < 4.78 is 6.67. The molecule has 0 amide bonds. The van der Waals surface area contributed by atoms with Crippen molar-refractivity contribution in [3.63, 3.8) is 0 Å². The third-order valence-electron chi connectivity index (χ3n) is 11.5. The fourth-order valence-corrected chi connectivity index (χ4v) is 9.04. The molecule has 5 aromatic rings. The monoisotopic (exact) mass is 618 g/mol. The molecule has 8 atom stereocenters. The fourth-order valence-electron chi connectivity index (χ4n) is 9.04. The zero-order chi connectivity index (χ0) is 32.3. The van der Waals surface area contributed by atoms with Gasteiger partial charge in [-0.1, -0.05) is 155 Å². The van der Waals surface area contributed by atoms with Crippen molar-refractivity contribution in [2.45, 2.75) is 89.1 Å². The number of benzene rings is 5. The number of para-hydroxylation sites is 1. The van der Waals surface area contributed by atoms with E-state index in [1.165, 1.54) is 40.7 Å². The van der Waals surface area contributed by atoms with Crippen molar-refractivity contribution in [2.75, 3.05) is 0 Å². The molecule has 0 bridgehead atoms. The molecule has 1 heteroatoms. The maximum absolute atomic E-state index is 6.67. The smallest absolute Gasteiger partial charge is 0.123 e.